The summed E-state index contributed by atoms with van der Waals surface area (Å²) in [5, 5.41) is 2.83. The van der Waals surface area contributed by atoms with E-state index in [2.05, 4.69) is 5.32 Å². The summed E-state index contributed by atoms with van der Waals surface area (Å²) >= 11 is 0. The van der Waals surface area contributed by atoms with Gasteiger partial charge < -0.3 is 5.32 Å². The van der Waals surface area contributed by atoms with Gasteiger partial charge in [0.15, 0.2) is 5.78 Å². The number of hydrogen-bond donors (Lipinski definition) is 1. The minimum Gasteiger partial charge on any atom is -0.310 e. The van der Waals surface area contributed by atoms with E-state index in [1.54, 1.807) is 14.0 Å². The molecule has 0 amide bonds. The lowest BCUT2D eigenvalue weighted by Crippen LogP contribution is -2.30. The van der Waals surface area contributed by atoms with Crippen molar-refractivity contribution >= 4 is 5.78 Å². The average molecular weight is 181 g/mol. The monoisotopic (exact) mass is 181 g/mol. The molecule has 0 aliphatic heterocycles. The molecule has 70 valence electrons. The number of nitrogens with one attached hydrogen (secondary N) is 1. The molecule has 0 fully saturated rings. The van der Waals surface area contributed by atoms with Crippen molar-refractivity contribution < 1.29 is 9.18 Å². The first-order valence-corrected chi connectivity index (χ1v) is 4.12. The van der Waals surface area contributed by atoms with Crippen molar-refractivity contribution in [3.8, 4) is 0 Å². The van der Waals surface area contributed by atoms with Crippen LogP contribution in [-0.4, -0.2) is 18.9 Å². The first-order valence-electron chi connectivity index (χ1n) is 4.12. The third-order valence-corrected chi connectivity index (χ3v) is 1.96. The molecular formula is C10H12FNO. The maximum absolute atomic E-state index is 12.5. The van der Waals surface area contributed by atoms with Crippen LogP contribution >= 0.6 is 0 Å². The van der Waals surface area contributed by atoms with Crippen molar-refractivity contribution in [2.24, 2.45) is 0 Å². The first-order chi connectivity index (χ1) is 6.15. The van der Waals surface area contributed by atoms with E-state index >= 15 is 0 Å². The fourth-order valence-corrected chi connectivity index (χ4v) is 0.995. The van der Waals surface area contributed by atoms with Crippen LogP contribution in [-0.2, 0) is 0 Å². The topological polar surface area (TPSA) is 29.1 Å². The SMILES string of the molecule is CN[C@H](C)C(=O)c1ccc(F)cc1. The predicted octanol–water partition coefficient (Wildman–Crippen LogP) is 1.62. The number of benzene rings is 1. The van der Waals surface area contributed by atoms with Crippen molar-refractivity contribution in [1.29, 1.82) is 0 Å². The van der Waals surface area contributed by atoms with Gasteiger partial charge in [-0.1, -0.05) is 0 Å². The van der Waals surface area contributed by atoms with E-state index in [0.29, 0.717) is 5.56 Å². The first kappa shape index (κ1) is 9.86. The summed E-state index contributed by atoms with van der Waals surface area (Å²) in [7, 11) is 1.71. The van der Waals surface area contributed by atoms with Crippen molar-refractivity contribution in [2.75, 3.05) is 7.05 Å². The Hall–Kier alpha value is -1.22. The molecule has 1 atom stereocenters. The zero-order chi connectivity index (χ0) is 9.84. The van der Waals surface area contributed by atoms with Crippen LogP contribution in [0.2, 0.25) is 0 Å². The molecule has 0 radical (unpaired) electrons. The van der Waals surface area contributed by atoms with Crippen LogP contribution in [0, 0.1) is 5.82 Å². The van der Waals surface area contributed by atoms with Crippen molar-refractivity contribution in [3.63, 3.8) is 0 Å². The summed E-state index contributed by atoms with van der Waals surface area (Å²) in [5.74, 6) is -0.351. The van der Waals surface area contributed by atoms with Gasteiger partial charge in [0.25, 0.3) is 0 Å². The van der Waals surface area contributed by atoms with Crippen LogP contribution < -0.4 is 5.32 Å². The molecule has 0 heterocycles. The van der Waals surface area contributed by atoms with Gasteiger partial charge in [0, 0.05) is 5.56 Å². The summed E-state index contributed by atoms with van der Waals surface area (Å²) in [6.45, 7) is 1.77. The summed E-state index contributed by atoms with van der Waals surface area (Å²) in [6, 6.07) is 5.33. The van der Waals surface area contributed by atoms with Gasteiger partial charge in [-0.15, -0.1) is 0 Å². The molecular weight excluding hydrogens is 169 g/mol. The van der Waals surface area contributed by atoms with Crippen LogP contribution in [0.25, 0.3) is 0 Å². The highest BCUT2D eigenvalue weighted by Crippen LogP contribution is 2.05. The fourth-order valence-electron chi connectivity index (χ4n) is 0.995. The lowest BCUT2D eigenvalue weighted by atomic mass is 10.1. The van der Waals surface area contributed by atoms with Gasteiger partial charge in [0.1, 0.15) is 5.82 Å². The average Bonchev–Trinajstić information content (AvgIpc) is 2.17. The molecule has 0 bridgehead atoms. The van der Waals surface area contributed by atoms with Gasteiger partial charge in [0.2, 0.25) is 0 Å². The molecule has 1 aromatic carbocycles. The lowest BCUT2D eigenvalue weighted by molar-refractivity contribution is 0.0955. The molecule has 0 aliphatic rings. The number of halogens is 1. The maximum atomic E-state index is 12.5. The molecule has 1 aromatic rings. The van der Waals surface area contributed by atoms with E-state index < -0.39 is 0 Å². The van der Waals surface area contributed by atoms with Gasteiger partial charge in [-0.25, -0.2) is 4.39 Å². The van der Waals surface area contributed by atoms with Crippen molar-refractivity contribution in [3.05, 3.63) is 35.6 Å². The lowest BCUT2D eigenvalue weighted by Gasteiger charge is -2.08. The van der Waals surface area contributed by atoms with Crippen molar-refractivity contribution in [1.82, 2.24) is 5.32 Å². The van der Waals surface area contributed by atoms with Gasteiger partial charge >= 0.3 is 0 Å². The Morgan fingerprint density at radius 2 is 1.92 bits per heavy atom. The number of ketones is 1. The smallest absolute Gasteiger partial charge is 0.179 e. The van der Waals surface area contributed by atoms with E-state index in [-0.39, 0.29) is 17.6 Å². The molecule has 0 aromatic heterocycles. The summed E-state index contributed by atoms with van der Waals surface area (Å²) in [4.78, 5) is 11.5. The largest absolute Gasteiger partial charge is 0.310 e. The van der Waals surface area contributed by atoms with Gasteiger partial charge in [0.05, 0.1) is 6.04 Å². The second-order valence-electron chi connectivity index (χ2n) is 2.88. The molecule has 2 nitrogen and oxygen atoms in total. The van der Waals surface area contributed by atoms with Crippen LogP contribution in [0.15, 0.2) is 24.3 Å². The van der Waals surface area contributed by atoms with E-state index in [0.717, 1.165) is 0 Å². The highest BCUT2D eigenvalue weighted by atomic mass is 19.1. The normalized spacial score (nSPS) is 12.5. The third kappa shape index (κ3) is 2.36. The number of hydrogen-bond acceptors (Lipinski definition) is 2. The summed E-state index contributed by atoms with van der Waals surface area (Å²) in [6.07, 6.45) is 0. The van der Waals surface area contributed by atoms with E-state index in [1.165, 1.54) is 24.3 Å². The fraction of sp³-hybridized carbons (Fsp3) is 0.300. The standard InChI is InChI=1S/C10H12FNO/c1-7(12-2)10(13)8-3-5-9(11)6-4-8/h3-7,12H,1-2H3/t7-/m1/s1. The minimum atomic E-state index is -0.325. The molecule has 1 rings (SSSR count). The van der Waals surface area contributed by atoms with Crippen LogP contribution in [0.1, 0.15) is 17.3 Å². The second kappa shape index (κ2) is 4.14. The molecule has 13 heavy (non-hydrogen) atoms. The Labute approximate surface area is 76.8 Å². The number of likely N-dealkylation sites (N-methyl/N-ethyl adjacent to an activating group) is 1. The quantitative estimate of drug-likeness (QED) is 0.718. The Balaban J connectivity index is 2.83. The Kier molecular flexibility index (Phi) is 3.14. The van der Waals surface area contributed by atoms with Gasteiger partial charge in [-0.05, 0) is 38.2 Å². The second-order valence-corrected chi connectivity index (χ2v) is 2.88. The molecule has 0 unspecified atom stereocenters. The highest BCUT2D eigenvalue weighted by Gasteiger charge is 2.12. The Morgan fingerprint density at radius 1 is 1.38 bits per heavy atom. The summed E-state index contributed by atoms with van der Waals surface area (Å²) < 4.78 is 12.5. The predicted molar refractivity (Wildman–Crippen MR) is 49.3 cm³/mol. The maximum Gasteiger partial charge on any atom is 0.179 e. The zero-order valence-corrected chi connectivity index (χ0v) is 7.67. The zero-order valence-electron chi connectivity index (χ0n) is 7.67. The number of carbonyl (C=O) groups is 1. The molecule has 1 N–H and O–H groups in total. The number of carbonyl (C=O) groups excluding carboxylic acids is 1. The molecule has 0 saturated carbocycles. The summed E-state index contributed by atoms with van der Waals surface area (Å²) in [5.41, 5.74) is 0.531. The van der Waals surface area contributed by atoms with Crippen LogP contribution in [0.5, 0.6) is 0 Å². The highest BCUT2D eigenvalue weighted by molar-refractivity contribution is 5.99. The number of Topliss-reactive ketones (excluding diaryl/α,β-unsaturated/α-hetero) is 1. The van der Waals surface area contributed by atoms with Crippen molar-refractivity contribution in [2.45, 2.75) is 13.0 Å². The third-order valence-electron chi connectivity index (χ3n) is 1.96. The van der Waals surface area contributed by atoms with Crippen LogP contribution in [0.3, 0.4) is 0 Å². The Morgan fingerprint density at radius 3 is 2.38 bits per heavy atom. The molecule has 0 saturated heterocycles. The van der Waals surface area contributed by atoms with Gasteiger partial charge in [-0.2, -0.15) is 0 Å². The molecule has 0 spiro atoms. The molecule has 0 aliphatic carbocycles. The minimum absolute atomic E-state index is 0.0255. The van der Waals surface area contributed by atoms with E-state index in [4.69, 9.17) is 0 Å². The molecule has 3 heteroatoms. The van der Waals surface area contributed by atoms with E-state index in [9.17, 15) is 9.18 Å². The van der Waals surface area contributed by atoms with Gasteiger partial charge in [-0.3, -0.25) is 4.79 Å². The van der Waals surface area contributed by atoms with Crippen LogP contribution in [0.4, 0.5) is 4.39 Å². The van der Waals surface area contributed by atoms with E-state index in [1.807, 2.05) is 0 Å². The number of rotatable bonds is 3. The Bertz CT molecular complexity index is 294.